The summed E-state index contributed by atoms with van der Waals surface area (Å²) in [6.45, 7) is 1.89. The van der Waals surface area contributed by atoms with Crippen LogP contribution in [-0.2, 0) is 4.79 Å². The van der Waals surface area contributed by atoms with Crippen molar-refractivity contribution in [2.24, 2.45) is 5.73 Å². The fraction of sp³-hybridized carbons (Fsp3) is 0.222. The SMILES string of the molecule is Cc1cc(Br)cc([C@H](N)C(=O)O)c1. The van der Waals surface area contributed by atoms with Crippen molar-refractivity contribution >= 4 is 21.9 Å². The molecule has 3 nitrogen and oxygen atoms in total. The quantitative estimate of drug-likeness (QED) is 0.834. The molecule has 0 aromatic heterocycles. The molecule has 1 atom stereocenters. The smallest absolute Gasteiger partial charge is 0.325 e. The third kappa shape index (κ3) is 2.54. The number of hydrogen-bond donors (Lipinski definition) is 2. The Labute approximate surface area is 84.7 Å². The molecule has 1 rings (SSSR count). The Kier molecular flexibility index (Phi) is 3.06. The van der Waals surface area contributed by atoms with Crippen molar-refractivity contribution in [1.29, 1.82) is 0 Å². The molecule has 0 saturated heterocycles. The largest absolute Gasteiger partial charge is 0.480 e. The van der Waals surface area contributed by atoms with Crippen LogP contribution in [0, 0.1) is 6.92 Å². The normalized spacial score (nSPS) is 12.5. The predicted molar refractivity (Wildman–Crippen MR) is 53.4 cm³/mol. The highest BCUT2D eigenvalue weighted by molar-refractivity contribution is 9.10. The first-order valence-corrected chi connectivity index (χ1v) is 4.55. The molecule has 70 valence electrons. The van der Waals surface area contributed by atoms with Gasteiger partial charge in [0.25, 0.3) is 0 Å². The molecule has 0 heterocycles. The van der Waals surface area contributed by atoms with E-state index >= 15 is 0 Å². The molecule has 4 heteroatoms. The van der Waals surface area contributed by atoms with E-state index in [2.05, 4.69) is 15.9 Å². The van der Waals surface area contributed by atoms with Gasteiger partial charge in [0, 0.05) is 4.47 Å². The standard InChI is InChI=1S/C9H10BrNO2/c1-5-2-6(4-7(10)3-5)8(11)9(12)13/h2-4,8H,11H2,1H3,(H,12,13)/t8-/m0/s1. The van der Waals surface area contributed by atoms with Gasteiger partial charge in [-0.2, -0.15) is 0 Å². The molecule has 0 aliphatic carbocycles. The van der Waals surface area contributed by atoms with Crippen LogP contribution in [0.5, 0.6) is 0 Å². The summed E-state index contributed by atoms with van der Waals surface area (Å²) in [6, 6.07) is 4.43. The second kappa shape index (κ2) is 3.89. The number of benzene rings is 1. The number of carboxylic acids is 1. The van der Waals surface area contributed by atoms with Crippen molar-refractivity contribution in [3.8, 4) is 0 Å². The number of aliphatic carboxylic acids is 1. The molecule has 0 saturated carbocycles. The molecule has 0 amide bonds. The molecule has 0 aliphatic heterocycles. The zero-order valence-corrected chi connectivity index (χ0v) is 8.71. The summed E-state index contributed by atoms with van der Waals surface area (Å²) in [5, 5.41) is 8.68. The molecule has 3 N–H and O–H groups in total. The predicted octanol–water partition coefficient (Wildman–Crippen LogP) is 1.84. The van der Waals surface area contributed by atoms with E-state index in [1.54, 1.807) is 12.1 Å². The first kappa shape index (κ1) is 10.2. The minimum Gasteiger partial charge on any atom is -0.480 e. The number of aryl methyl sites for hydroxylation is 1. The van der Waals surface area contributed by atoms with E-state index in [1.807, 2.05) is 13.0 Å². The molecule has 13 heavy (non-hydrogen) atoms. The Bertz CT molecular complexity index is 318. The van der Waals surface area contributed by atoms with Crippen LogP contribution in [0.2, 0.25) is 0 Å². The van der Waals surface area contributed by atoms with E-state index in [-0.39, 0.29) is 0 Å². The summed E-state index contributed by atoms with van der Waals surface area (Å²) in [7, 11) is 0. The molecular formula is C9H10BrNO2. The average molecular weight is 244 g/mol. The Morgan fingerprint density at radius 2 is 2.15 bits per heavy atom. The monoisotopic (exact) mass is 243 g/mol. The number of carbonyl (C=O) groups is 1. The Morgan fingerprint density at radius 1 is 1.54 bits per heavy atom. The highest BCUT2D eigenvalue weighted by Crippen LogP contribution is 2.19. The number of hydrogen-bond acceptors (Lipinski definition) is 2. The highest BCUT2D eigenvalue weighted by atomic mass is 79.9. The first-order chi connectivity index (χ1) is 6.00. The third-order valence-electron chi connectivity index (χ3n) is 1.69. The summed E-state index contributed by atoms with van der Waals surface area (Å²) in [4.78, 5) is 10.6. The maximum Gasteiger partial charge on any atom is 0.325 e. The van der Waals surface area contributed by atoms with Gasteiger partial charge < -0.3 is 10.8 Å². The summed E-state index contributed by atoms with van der Waals surface area (Å²) in [6.07, 6.45) is 0. The molecule has 0 fully saturated rings. The maximum atomic E-state index is 10.6. The second-order valence-corrected chi connectivity index (χ2v) is 3.79. The van der Waals surface area contributed by atoms with Gasteiger partial charge >= 0.3 is 5.97 Å². The molecule has 1 aromatic rings. The lowest BCUT2D eigenvalue weighted by atomic mass is 10.1. The van der Waals surface area contributed by atoms with E-state index in [1.165, 1.54) is 0 Å². The summed E-state index contributed by atoms with van der Waals surface area (Å²) in [5.74, 6) is -1.02. The van der Waals surface area contributed by atoms with Crippen LogP contribution < -0.4 is 5.73 Å². The number of rotatable bonds is 2. The molecule has 1 aromatic carbocycles. The van der Waals surface area contributed by atoms with Gasteiger partial charge in [0.05, 0.1) is 0 Å². The van der Waals surface area contributed by atoms with Crippen molar-refractivity contribution in [3.05, 3.63) is 33.8 Å². The average Bonchev–Trinajstić information content (AvgIpc) is 2.01. The van der Waals surface area contributed by atoms with Gasteiger partial charge in [0.2, 0.25) is 0 Å². The van der Waals surface area contributed by atoms with Crippen molar-refractivity contribution < 1.29 is 9.90 Å². The fourth-order valence-electron chi connectivity index (χ4n) is 1.09. The van der Waals surface area contributed by atoms with Gasteiger partial charge in [0.1, 0.15) is 6.04 Å². The minimum absolute atomic E-state index is 0.611. The van der Waals surface area contributed by atoms with Crippen molar-refractivity contribution in [2.75, 3.05) is 0 Å². The molecule has 0 unspecified atom stereocenters. The Morgan fingerprint density at radius 3 is 2.62 bits per heavy atom. The number of nitrogens with two attached hydrogens (primary N) is 1. The molecule has 0 aliphatic rings. The van der Waals surface area contributed by atoms with Crippen LogP contribution in [0.1, 0.15) is 17.2 Å². The third-order valence-corrected chi connectivity index (χ3v) is 2.15. The van der Waals surface area contributed by atoms with E-state index in [0.29, 0.717) is 5.56 Å². The van der Waals surface area contributed by atoms with Gasteiger partial charge in [-0.3, -0.25) is 4.79 Å². The van der Waals surface area contributed by atoms with Crippen molar-refractivity contribution in [1.82, 2.24) is 0 Å². The van der Waals surface area contributed by atoms with E-state index < -0.39 is 12.0 Å². The lowest BCUT2D eigenvalue weighted by molar-refractivity contribution is -0.138. The Hall–Kier alpha value is -0.870. The van der Waals surface area contributed by atoms with Crippen molar-refractivity contribution in [3.63, 3.8) is 0 Å². The van der Waals surface area contributed by atoms with E-state index in [0.717, 1.165) is 10.0 Å². The zero-order valence-electron chi connectivity index (χ0n) is 7.12. The maximum absolute atomic E-state index is 10.6. The topological polar surface area (TPSA) is 63.3 Å². The van der Waals surface area contributed by atoms with Crippen LogP contribution in [-0.4, -0.2) is 11.1 Å². The van der Waals surface area contributed by atoms with Crippen LogP contribution >= 0.6 is 15.9 Å². The minimum atomic E-state index is -1.02. The first-order valence-electron chi connectivity index (χ1n) is 3.76. The van der Waals surface area contributed by atoms with Crippen molar-refractivity contribution in [2.45, 2.75) is 13.0 Å². The molecular weight excluding hydrogens is 234 g/mol. The summed E-state index contributed by atoms with van der Waals surface area (Å²) < 4.78 is 0.846. The lowest BCUT2D eigenvalue weighted by Gasteiger charge is -2.08. The van der Waals surface area contributed by atoms with Gasteiger partial charge in [-0.15, -0.1) is 0 Å². The van der Waals surface area contributed by atoms with Gasteiger partial charge in [0.15, 0.2) is 0 Å². The van der Waals surface area contributed by atoms with Gasteiger partial charge in [-0.1, -0.05) is 22.0 Å². The number of carboxylic acid groups (broad SMARTS) is 1. The fourth-order valence-corrected chi connectivity index (χ4v) is 1.71. The zero-order chi connectivity index (χ0) is 10.0. The van der Waals surface area contributed by atoms with E-state index in [9.17, 15) is 4.79 Å². The van der Waals surface area contributed by atoms with Gasteiger partial charge in [-0.05, 0) is 30.2 Å². The highest BCUT2D eigenvalue weighted by Gasteiger charge is 2.14. The molecule has 0 spiro atoms. The van der Waals surface area contributed by atoms with Crippen LogP contribution in [0.15, 0.2) is 22.7 Å². The molecule has 0 radical (unpaired) electrons. The Balaban J connectivity index is 3.07. The van der Waals surface area contributed by atoms with Gasteiger partial charge in [-0.25, -0.2) is 0 Å². The summed E-state index contributed by atoms with van der Waals surface area (Å²) in [5.41, 5.74) is 7.05. The summed E-state index contributed by atoms with van der Waals surface area (Å²) >= 11 is 3.28. The lowest BCUT2D eigenvalue weighted by Crippen LogP contribution is -2.20. The van der Waals surface area contributed by atoms with E-state index in [4.69, 9.17) is 10.8 Å². The van der Waals surface area contributed by atoms with Crippen LogP contribution in [0.25, 0.3) is 0 Å². The van der Waals surface area contributed by atoms with Crippen LogP contribution in [0.3, 0.4) is 0 Å². The number of halogens is 1. The molecule has 0 bridgehead atoms. The second-order valence-electron chi connectivity index (χ2n) is 2.88. The van der Waals surface area contributed by atoms with Crippen LogP contribution in [0.4, 0.5) is 0 Å².